The van der Waals surface area contributed by atoms with E-state index in [1.807, 2.05) is 0 Å². The first-order valence-corrected chi connectivity index (χ1v) is 5.98. The van der Waals surface area contributed by atoms with Gasteiger partial charge in [-0.2, -0.15) is 4.98 Å². The van der Waals surface area contributed by atoms with Crippen LogP contribution < -0.4 is 0 Å². The first kappa shape index (κ1) is 13.2. The van der Waals surface area contributed by atoms with Crippen LogP contribution in [0, 0.1) is 0 Å². The predicted octanol–water partition coefficient (Wildman–Crippen LogP) is 2.06. The Bertz CT molecular complexity index is 803. The Balaban J connectivity index is 1.89. The molecule has 0 radical (unpaired) electrons. The predicted molar refractivity (Wildman–Crippen MR) is 67.5 cm³/mol. The van der Waals surface area contributed by atoms with Crippen molar-refractivity contribution in [3.05, 3.63) is 36.5 Å². The highest BCUT2D eigenvalue weighted by Gasteiger charge is 2.20. The fourth-order valence-corrected chi connectivity index (χ4v) is 1.77. The molecule has 1 aromatic carbocycles. The van der Waals surface area contributed by atoms with E-state index in [-0.39, 0.29) is 11.7 Å². The van der Waals surface area contributed by atoms with E-state index in [2.05, 4.69) is 20.1 Å². The third-order valence-corrected chi connectivity index (χ3v) is 2.76. The molecule has 0 fully saturated rings. The molecule has 0 unspecified atom stereocenters. The van der Waals surface area contributed by atoms with Crippen LogP contribution in [0.25, 0.3) is 22.4 Å². The number of ketones is 1. The third-order valence-electron chi connectivity index (χ3n) is 2.76. The molecule has 0 amide bonds. The van der Waals surface area contributed by atoms with E-state index < -0.39 is 18.6 Å². The monoisotopic (exact) mass is 290 g/mol. The molecule has 3 aromatic rings. The lowest BCUT2D eigenvalue weighted by Gasteiger charge is -1.97. The van der Waals surface area contributed by atoms with Crippen LogP contribution in [-0.2, 0) is 11.2 Å². The van der Waals surface area contributed by atoms with E-state index in [0.29, 0.717) is 16.6 Å². The number of fused-ring (bicyclic) bond motifs is 1. The number of alkyl halides is 2. The zero-order valence-electron chi connectivity index (χ0n) is 10.5. The summed E-state index contributed by atoms with van der Waals surface area (Å²) in [6.07, 6.45) is -0.506. The summed E-state index contributed by atoms with van der Waals surface area (Å²) >= 11 is 0. The highest BCUT2D eigenvalue weighted by atomic mass is 19.3. The maximum atomic E-state index is 12.2. The van der Waals surface area contributed by atoms with Gasteiger partial charge in [-0.1, -0.05) is 5.16 Å². The molecule has 0 atom stereocenters. The molecule has 0 N–H and O–H groups in total. The van der Waals surface area contributed by atoms with Crippen LogP contribution in [0.1, 0.15) is 5.89 Å². The van der Waals surface area contributed by atoms with Gasteiger partial charge in [0.1, 0.15) is 0 Å². The summed E-state index contributed by atoms with van der Waals surface area (Å²) in [7, 11) is 0. The summed E-state index contributed by atoms with van der Waals surface area (Å²) in [5, 5.41) is 3.67. The number of carbonyl (C=O) groups is 1. The Kier molecular flexibility index (Phi) is 3.35. The lowest BCUT2D eigenvalue weighted by Crippen LogP contribution is -2.12. The van der Waals surface area contributed by atoms with Gasteiger partial charge < -0.3 is 4.52 Å². The molecule has 0 bridgehead atoms. The minimum Gasteiger partial charge on any atom is -0.338 e. The normalized spacial score (nSPS) is 11.2. The highest BCUT2D eigenvalue weighted by Crippen LogP contribution is 2.20. The first-order chi connectivity index (χ1) is 10.1. The van der Waals surface area contributed by atoms with Gasteiger partial charge in [0.2, 0.25) is 17.5 Å². The van der Waals surface area contributed by atoms with Crippen molar-refractivity contribution in [2.75, 3.05) is 0 Å². The second-order valence-corrected chi connectivity index (χ2v) is 4.22. The Labute approximate surface area is 116 Å². The van der Waals surface area contributed by atoms with E-state index in [9.17, 15) is 13.6 Å². The first-order valence-electron chi connectivity index (χ1n) is 5.98. The van der Waals surface area contributed by atoms with Crippen molar-refractivity contribution in [2.45, 2.75) is 12.8 Å². The number of Topliss-reactive ketones (excluding diaryl/α,β-unsaturated/α-hetero) is 1. The third kappa shape index (κ3) is 2.73. The van der Waals surface area contributed by atoms with Crippen LogP contribution in [0.3, 0.4) is 0 Å². The Morgan fingerprint density at radius 3 is 2.71 bits per heavy atom. The number of hydrogen-bond donors (Lipinski definition) is 0. The number of aromatic nitrogens is 4. The van der Waals surface area contributed by atoms with Gasteiger partial charge in [0.25, 0.3) is 6.43 Å². The van der Waals surface area contributed by atoms with Crippen LogP contribution in [0.2, 0.25) is 0 Å². The molecule has 8 heteroatoms. The second-order valence-electron chi connectivity index (χ2n) is 4.22. The average Bonchev–Trinajstić information content (AvgIpc) is 2.95. The van der Waals surface area contributed by atoms with Gasteiger partial charge in [0.05, 0.1) is 17.5 Å². The quantitative estimate of drug-likeness (QED) is 0.731. The lowest BCUT2D eigenvalue weighted by atomic mass is 10.2. The van der Waals surface area contributed by atoms with Crippen molar-refractivity contribution in [3.63, 3.8) is 0 Å². The number of carbonyl (C=O) groups excluding carboxylic acids is 1. The van der Waals surface area contributed by atoms with Crippen molar-refractivity contribution in [3.8, 4) is 11.4 Å². The molecule has 106 valence electrons. The molecule has 2 aromatic heterocycles. The van der Waals surface area contributed by atoms with Crippen molar-refractivity contribution in [2.24, 2.45) is 0 Å². The zero-order chi connectivity index (χ0) is 14.8. The van der Waals surface area contributed by atoms with Crippen LogP contribution in [0.5, 0.6) is 0 Å². The maximum Gasteiger partial charge on any atom is 0.296 e. The fraction of sp³-hybridized carbons (Fsp3) is 0.154. The molecule has 21 heavy (non-hydrogen) atoms. The molecule has 0 aliphatic rings. The van der Waals surface area contributed by atoms with Gasteiger partial charge in [-0.15, -0.1) is 0 Å². The standard InChI is InChI=1S/C13H8F2N4O2/c14-12(15)10(20)6-11-18-13(19-21-11)7-1-2-8-9(5-7)17-4-3-16-8/h1-5,12H,6H2. The van der Waals surface area contributed by atoms with E-state index in [4.69, 9.17) is 4.52 Å². The molecule has 0 saturated heterocycles. The number of benzene rings is 1. The van der Waals surface area contributed by atoms with Gasteiger partial charge in [-0.05, 0) is 18.2 Å². The van der Waals surface area contributed by atoms with Crippen molar-refractivity contribution in [1.29, 1.82) is 0 Å². The van der Waals surface area contributed by atoms with E-state index in [1.54, 1.807) is 30.6 Å². The van der Waals surface area contributed by atoms with Crippen molar-refractivity contribution < 1.29 is 18.1 Å². The van der Waals surface area contributed by atoms with Crippen molar-refractivity contribution >= 4 is 16.8 Å². The lowest BCUT2D eigenvalue weighted by molar-refractivity contribution is -0.129. The molecule has 0 saturated carbocycles. The van der Waals surface area contributed by atoms with Gasteiger partial charge >= 0.3 is 0 Å². The molecule has 0 aliphatic heterocycles. The number of hydrogen-bond acceptors (Lipinski definition) is 6. The van der Waals surface area contributed by atoms with Gasteiger partial charge in [0, 0.05) is 18.0 Å². The Morgan fingerprint density at radius 2 is 1.95 bits per heavy atom. The average molecular weight is 290 g/mol. The van der Waals surface area contributed by atoms with Crippen LogP contribution >= 0.6 is 0 Å². The summed E-state index contributed by atoms with van der Waals surface area (Å²) in [4.78, 5) is 23.1. The number of halogens is 2. The van der Waals surface area contributed by atoms with Crippen LogP contribution in [0.15, 0.2) is 35.1 Å². The number of rotatable bonds is 4. The molecule has 6 nitrogen and oxygen atoms in total. The zero-order valence-corrected chi connectivity index (χ0v) is 10.5. The summed E-state index contributed by atoms with van der Waals surface area (Å²) in [5.74, 6) is -1.19. The minimum absolute atomic E-state index is 0.144. The van der Waals surface area contributed by atoms with Crippen LogP contribution in [0.4, 0.5) is 8.78 Å². The largest absolute Gasteiger partial charge is 0.338 e. The molecule has 0 spiro atoms. The topological polar surface area (TPSA) is 81.8 Å². The highest BCUT2D eigenvalue weighted by molar-refractivity contribution is 5.83. The Morgan fingerprint density at radius 1 is 1.19 bits per heavy atom. The molecular weight excluding hydrogens is 282 g/mol. The number of nitrogens with zero attached hydrogens (tertiary/aromatic N) is 4. The van der Waals surface area contributed by atoms with Gasteiger partial charge in [-0.3, -0.25) is 14.8 Å². The fourth-order valence-electron chi connectivity index (χ4n) is 1.77. The molecular formula is C13H8F2N4O2. The molecule has 3 rings (SSSR count). The maximum absolute atomic E-state index is 12.2. The van der Waals surface area contributed by atoms with E-state index in [0.717, 1.165) is 0 Å². The van der Waals surface area contributed by atoms with E-state index in [1.165, 1.54) is 0 Å². The Hall–Kier alpha value is -2.77. The summed E-state index contributed by atoms with van der Waals surface area (Å²) < 4.78 is 29.1. The van der Waals surface area contributed by atoms with Gasteiger partial charge in [0.15, 0.2) is 0 Å². The summed E-state index contributed by atoms with van der Waals surface area (Å²) in [6, 6.07) is 5.14. The second kappa shape index (κ2) is 5.31. The van der Waals surface area contributed by atoms with E-state index >= 15 is 0 Å². The smallest absolute Gasteiger partial charge is 0.296 e. The minimum atomic E-state index is -3.05. The molecule has 2 heterocycles. The van der Waals surface area contributed by atoms with Gasteiger partial charge in [-0.25, -0.2) is 8.78 Å². The van der Waals surface area contributed by atoms with Crippen LogP contribution in [-0.4, -0.2) is 32.3 Å². The molecule has 0 aliphatic carbocycles. The van der Waals surface area contributed by atoms with Crippen molar-refractivity contribution in [1.82, 2.24) is 20.1 Å². The summed E-state index contributed by atoms with van der Waals surface area (Å²) in [6.45, 7) is 0. The summed E-state index contributed by atoms with van der Waals surface area (Å²) in [5.41, 5.74) is 1.95. The SMILES string of the molecule is O=C(Cc1nc(-c2ccc3nccnc3c2)no1)C(F)F.